The van der Waals surface area contributed by atoms with Crippen LogP contribution in [0.5, 0.6) is 5.88 Å². The highest BCUT2D eigenvalue weighted by Gasteiger charge is 2.36. The molecule has 7 heteroatoms. The number of carbonyl (C=O) groups excluding carboxylic acids is 1. The summed E-state index contributed by atoms with van der Waals surface area (Å²) in [4.78, 5) is 20.2. The minimum Gasteiger partial charge on any atom is -0.481 e. The molecular weight excluding hydrogens is 324 g/mol. The number of aryl methyl sites for hydroxylation is 2. The first-order valence-electron chi connectivity index (χ1n) is 8.44. The Morgan fingerprint density at radius 1 is 1.38 bits per heavy atom. The van der Waals surface area contributed by atoms with Crippen molar-refractivity contribution in [3.05, 3.63) is 27.3 Å². The minimum atomic E-state index is 0.0348. The Kier molecular flexibility index (Phi) is 3.83. The van der Waals surface area contributed by atoms with Crippen LogP contribution in [-0.2, 0) is 7.05 Å². The maximum atomic E-state index is 13.0. The van der Waals surface area contributed by atoms with Gasteiger partial charge >= 0.3 is 0 Å². The maximum Gasteiger partial charge on any atom is 0.266 e. The second-order valence-electron chi connectivity index (χ2n) is 6.63. The lowest BCUT2D eigenvalue weighted by Gasteiger charge is -2.24. The number of hydrogen-bond donors (Lipinski definition) is 0. The fourth-order valence-corrected chi connectivity index (χ4v) is 4.68. The molecule has 1 saturated carbocycles. The molecule has 1 atom stereocenters. The summed E-state index contributed by atoms with van der Waals surface area (Å²) < 4.78 is 7.29. The molecule has 0 unspecified atom stereocenters. The summed E-state index contributed by atoms with van der Waals surface area (Å²) in [5.74, 6) is 1.43. The highest BCUT2D eigenvalue weighted by atomic mass is 32.1. The summed E-state index contributed by atoms with van der Waals surface area (Å²) in [6.45, 7) is 2.76. The first kappa shape index (κ1) is 15.6. The van der Waals surface area contributed by atoms with Gasteiger partial charge in [-0.15, -0.1) is 11.3 Å². The number of amides is 1. The lowest BCUT2D eigenvalue weighted by molar-refractivity contribution is 0.0738. The van der Waals surface area contributed by atoms with Crippen LogP contribution in [0, 0.1) is 6.92 Å². The highest BCUT2D eigenvalue weighted by Crippen LogP contribution is 2.43. The molecule has 1 aliphatic heterocycles. The monoisotopic (exact) mass is 346 g/mol. The Balaban J connectivity index is 1.63. The summed E-state index contributed by atoms with van der Waals surface area (Å²) in [6.07, 6.45) is 6.12. The maximum absolute atomic E-state index is 13.0. The average molecular weight is 346 g/mol. The zero-order chi connectivity index (χ0) is 16.8. The second kappa shape index (κ2) is 5.88. The number of nitrogens with zero attached hydrogens (tertiary/aromatic N) is 4. The number of likely N-dealkylation sites (tertiary alicyclic amines) is 1. The molecule has 1 amide bonds. The molecule has 0 bridgehead atoms. The van der Waals surface area contributed by atoms with Crippen molar-refractivity contribution in [3.63, 3.8) is 0 Å². The second-order valence-corrected chi connectivity index (χ2v) is 7.69. The van der Waals surface area contributed by atoms with Crippen molar-refractivity contribution in [2.75, 3.05) is 13.7 Å². The zero-order valence-electron chi connectivity index (χ0n) is 14.3. The van der Waals surface area contributed by atoms with E-state index in [0.29, 0.717) is 5.92 Å². The van der Waals surface area contributed by atoms with Crippen molar-refractivity contribution >= 4 is 17.2 Å². The number of thiazole rings is 1. The Morgan fingerprint density at radius 2 is 2.17 bits per heavy atom. The van der Waals surface area contributed by atoms with E-state index in [9.17, 15) is 4.79 Å². The summed E-state index contributed by atoms with van der Waals surface area (Å²) in [6, 6.07) is 0.0348. The van der Waals surface area contributed by atoms with Gasteiger partial charge in [-0.3, -0.25) is 4.79 Å². The summed E-state index contributed by atoms with van der Waals surface area (Å²) in [5, 5.41) is 5.59. The van der Waals surface area contributed by atoms with E-state index in [1.807, 2.05) is 18.9 Å². The SMILES string of the molecule is COc1c([C@H]2CCCN2C(=O)c2cnc(C3CC3)s2)c(C)nn1C. The highest BCUT2D eigenvalue weighted by molar-refractivity contribution is 7.13. The quantitative estimate of drug-likeness (QED) is 0.854. The van der Waals surface area contributed by atoms with E-state index < -0.39 is 0 Å². The molecule has 0 spiro atoms. The van der Waals surface area contributed by atoms with E-state index in [2.05, 4.69) is 10.1 Å². The molecule has 2 aromatic heterocycles. The van der Waals surface area contributed by atoms with Crippen LogP contribution in [0.4, 0.5) is 0 Å². The molecule has 1 saturated heterocycles. The van der Waals surface area contributed by atoms with Gasteiger partial charge in [0.05, 0.1) is 35.6 Å². The molecule has 0 aromatic carbocycles. The van der Waals surface area contributed by atoms with Gasteiger partial charge in [-0.1, -0.05) is 0 Å². The predicted molar refractivity (Wildman–Crippen MR) is 91.6 cm³/mol. The third-order valence-electron chi connectivity index (χ3n) is 4.92. The van der Waals surface area contributed by atoms with E-state index in [0.717, 1.165) is 46.4 Å². The smallest absolute Gasteiger partial charge is 0.266 e. The van der Waals surface area contributed by atoms with Gasteiger partial charge in [0.15, 0.2) is 0 Å². The Bertz CT molecular complexity index is 778. The van der Waals surface area contributed by atoms with Crippen molar-refractivity contribution in [3.8, 4) is 5.88 Å². The lowest BCUT2D eigenvalue weighted by Crippen LogP contribution is -2.30. The molecular formula is C17H22N4O2S. The van der Waals surface area contributed by atoms with Crippen LogP contribution in [-0.4, -0.2) is 39.2 Å². The first-order valence-corrected chi connectivity index (χ1v) is 9.26. The van der Waals surface area contributed by atoms with E-state index in [1.54, 1.807) is 29.3 Å². The van der Waals surface area contributed by atoms with Crippen LogP contribution in [0.2, 0.25) is 0 Å². The number of carbonyl (C=O) groups is 1. The summed E-state index contributed by atoms with van der Waals surface area (Å²) >= 11 is 1.56. The summed E-state index contributed by atoms with van der Waals surface area (Å²) in [5.41, 5.74) is 1.97. The lowest BCUT2D eigenvalue weighted by atomic mass is 10.0. The molecule has 128 valence electrons. The van der Waals surface area contributed by atoms with Gasteiger partial charge in [0.1, 0.15) is 4.88 Å². The van der Waals surface area contributed by atoms with Gasteiger partial charge in [-0.2, -0.15) is 5.10 Å². The molecule has 2 fully saturated rings. The van der Waals surface area contributed by atoms with Crippen LogP contribution in [0.25, 0.3) is 0 Å². The molecule has 6 nitrogen and oxygen atoms in total. The Morgan fingerprint density at radius 3 is 2.88 bits per heavy atom. The van der Waals surface area contributed by atoms with Crippen molar-refractivity contribution < 1.29 is 9.53 Å². The number of methoxy groups -OCH3 is 1. The minimum absolute atomic E-state index is 0.0348. The first-order chi connectivity index (χ1) is 11.6. The molecule has 0 radical (unpaired) electrons. The third-order valence-corrected chi connectivity index (χ3v) is 6.06. The normalized spacial score (nSPS) is 20.6. The van der Waals surface area contributed by atoms with Crippen molar-refractivity contribution in [2.24, 2.45) is 7.05 Å². The van der Waals surface area contributed by atoms with E-state index in [1.165, 1.54) is 12.8 Å². The number of rotatable bonds is 4. The molecule has 2 aliphatic rings. The largest absolute Gasteiger partial charge is 0.481 e. The van der Waals surface area contributed by atoms with Crippen LogP contribution >= 0.6 is 11.3 Å². The predicted octanol–water partition coefficient (Wildman–Crippen LogP) is 3.05. The van der Waals surface area contributed by atoms with Crippen molar-refractivity contribution in [1.29, 1.82) is 0 Å². The summed E-state index contributed by atoms with van der Waals surface area (Å²) in [7, 11) is 3.54. The topological polar surface area (TPSA) is 60.2 Å². The number of ether oxygens (including phenoxy) is 1. The molecule has 2 aromatic rings. The van der Waals surface area contributed by atoms with Gasteiger partial charge in [0.25, 0.3) is 5.91 Å². The Hall–Kier alpha value is -1.89. The van der Waals surface area contributed by atoms with Crippen molar-refractivity contribution in [2.45, 2.75) is 44.6 Å². The van der Waals surface area contributed by atoms with Gasteiger partial charge in [0, 0.05) is 19.5 Å². The van der Waals surface area contributed by atoms with E-state index in [4.69, 9.17) is 4.74 Å². The zero-order valence-corrected chi connectivity index (χ0v) is 15.1. The Labute approximate surface area is 145 Å². The van der Waals surface area contributed by atoms with Gasteiger partial charge in [-0.25, -0.2) is 9.67 Å². The third kappa shape index (κ3) is 2.51. The fourth-order valence-electron chi connectivity index (χ4n) is 3.64. The fraction of sp³-hybridized carbons (Fsp3) is 0.588. The molecule has 0 N–H and O–H groups in total. The number of aromatic nitrogens is 3. The van der Waals surface area contributed by atoms with Gasteiger partial charge in [-0.05, 0) is 32.6 Å². The van der Waals surface area contributed by atoms with Gasteiger partial charge in [0.2, 0.25) is 5.88 Å². The van der Waals surface area contributed by atoms with Crippen LogP contribution in [0.3, 0.4) is 0 Å². The van der Waals surface area contributed by atoms with Crippen molar-refractivity contribution in [1.82, 2.24) is 19.7 Å². The molecule has 24 heavy (non-hydrogen) atoms. The van der Waals surface area contributed by atoms with Crippen LogP contribution < -0.4 is 4.74 Å². The van der Waals surface area contributed by atoms with Gasteiger partial charge < -0.3 is 9.64 Å². The molecule has 1 aliphatic carbocycles. The van der Waals surface area contributed by atoms with E-state index in [-0.39, 0.29) is 11.9 Å². The van der Waals surface area contributed by atoms with E-state index >= 15 is 0 Å². The standard InChI is InChI=1S/C17H22N4O2S/c1-10-14(17(23-3)20(2)19-10)12-5-4-8-21(12)16(22)13-9-18-15(24-13)11-6-7-11/h9,11-12H,4-8H2,1-3H3/t12-/m1/s1. The number of hydrogen-bond acceptors (Lipinski definition) is 5. The van der Waals surface area contributed by atoms with Crippen LogP contribution in [0.15, 0.2) is 6.20 Å². The van der Waals surface area contributed by atoms with Crippen LogP contribution in [0.1, 0.15) is 63.6 Å². The average Bonchev–Trinajstić information content (AvgIpc) is 3.00. The molecule has 4 rings (SSSR count). The molecule has 3 heterocycles.